The fourth-order valence-corrected chi connectivity index (χ4v) is 5.23. The summed E-state index contributed by atoms with van der Waals surface area (Å²) in [6, 6.07) is 7.05. The summed E-state index contributed by atoms with van der Waals surface area (Å²) < 4.78 is 6.92. The Morgan fingerprint density at radius 1 is 1.22 bits per heavy atom. The Labute approximate surface area is 210 Å². The lowest BCUT2D eigenvalue weighted by Crippen LogP contribution is -2.39. The van der Waals surface area contributed by atoms with E-state index < -0.39 is 17.2 Å². The lowest BCUT2D eigenvalue weighted by atomic mass is 9.71. The van der Waals surface area contributed by atoms with Crippen LogP contribution in [-0.2, 0) is 26.8 Å². The molecule has 2 aromatic rings. The van der Waals surface area contributed by atoms with E-state index in [0.29, 0.717) is 55.0 Å². The number of fused-ring (bicyclic) bond motifs is 2. The van der Waals surface area contributed by atoms with Crippen LogP contribution in [0.25, 0.3) is 0 Å². The van der Waals surface area contributed by atoms with Crippen molar-refractivity contribution in [3.63, 3.8) is 0 Å². The molecule has 1 saturated heterocycles. The van der Waals surface area contributed by atoms with Crippen LogP contribution >= 0.6 is 0 Å². The van der Waals surface area contributed by atoms with Crippen LogP contribution in [0.5, 0.6) is 0 Å². The number of aryl methyl sites for hydroxylation is 1. The monoisotopic (exact) mass is 489 g/mol. The van der Waals surface area contributed by atoms with Crippen molar-refractivity contribution in [3.8, 4) is 0 Å². The van der Waals surface area contributed by atoms with Gasteiger partial charge in [-0.1, -0.05) is 31.6 Å². The van der Waals surface area contributed by atoms with Crippen molar-refractivity contribution in [3.05, 3.63) is 65.1 Å². The quantitative estimate of drug-likeness (QED) is 0.558. The van der Waals surface area contributed by atoms with Crippen LogP contribution < -0.4 is 16.0 Å². The van der Waals surface area contributed by atoms with E-state index in [-0.39, 0.29) is 11.6 Å². The first-order chi connectivity index (χ1) is 17.3. The van der Waals surface area contributed by atoms with Crippen LogP contribution in [0.4, 0.5) is 11.4 Å². The van der Waals surface area contributed by atoms with Gasteiger partial charge in [-0.15, -0.1) is 0 Å². The van der Waals surface area contributed by atoms with Gasteiger partial charge in [-0.05, 0) is 60.9 Å². The number of hydrogen-bond acceptors (Lipinski definition) is 5. The van der Waals surface area contributed by atoms with Gasteiger partial charge in [0.15, 0.2) is 0 Å². The standard InChI is InChI=1S/C27H31N5O4/c1-16-14-18(17(16)2)4-7-21(30-25(34)23-8-11-28-32(23)3)24(33)29-19-5-6-20-22(15-19)31-26(35)27(20)9-12-36-13-10-27/h4-8,11,15-17H,9-10,12-14H2,1-3H3,(H,29,33)(H,30,34)(H,31,35)/b18-4+,21-7?. The summed E-state index contributed by atoms with van der Waals surface area (Å²) in [5.74, 6) is 0.145. The number of carbonyl (C=O) groups is 3. The van der Waals surface area contributed by atoms with Crippen molar-refractivity contribution in [2.75, 3.05) is 23.8 Å². The fourth-order valence-electron chi connectivity index (χ4n) is 5.23. The largest absolute Gasteiger partial charge is 0.381 e. The summed E-state index contributed by atoms with van der Waals surface area (Å²) in [4.78, 5) is 38.9. The van der Waals surface area contributed by atoms with Gasteiger partial charge in [0.2, 0.25) is 5.91 Å². The van der Waals surface area contributed by atoms with Gasteiger partial charge in [0.1, 0.15) is 11.4 Å². The molecule has 1 aromatic carbocycles. The molecular weight excluding hydrogens is 458 g/mol. The van der Waals surface area contributed by atoms with Crippen LogP contribution in [0.3, 0.4) is 0 Å². The van der Waals surface area contributed by atoms with Crippen molar-refractivity contribution in [1.29, 1.82) is 0 Å². The number of anilines is 2. The van der Waals surface area contributed by atoms with E-state index in [9.17, 15) is 14.4 Å². The summed E-state index contributed by atoms with van der Waals surface area (Å²) in [5, 5.41) is 12.6. The maximum atomic E-state index is 13.3. The van der Waals surface area contributed by atoms with E-state index in [4.69, 9.17) is 4.74 Å². The van der Waals surface area contributed by atoms with Crippen LogP contribution in [0.1, 0.15) is 49.2 Å². The Balaban J connectivity index is 1.37. The number of nitrogens with one attached hydrogen (secondary N) is 3. The van der Waals surface area contributed by atoms with E-state index in [1.54, 1.807) is 31.3 Å². The highest BCUT2D eigenvalue weighted by Gasteiger charge is 2.47. The average molecular weight is 490 g/mol. The first-order valence-corrected chi connectivity index (χ1v) is 12.3. The van der Waals surface area contributed by atoms with Crippen LogP contribution in [0.15, 0.2) is 53.9 Å². The van der Waals surface area contributed by atoms with Gasteiger partial charge in [0.05, 0.1) is 5.41 Å². The van der Waals surface area contributed by atoms with Crippen LogP contribution in [-0.4, -0.2) is 40.7 Å². The predicted molar refractivity (Wildman–Crippen MR) is 135 cm³/mol. The zero-order valence-electron chi connectivity index (χ0n) is 20.8. The highest BCUT2D eigenvalue weighted by Crippen LogP contribution is 2.45. The molecule has 3 aliphatic rings. The number of amides is 3. The minimum atomic E-state index is -0.568. The molecule has 2 atom stereocenters. The molecule has 2 aliphatic heterocycles. The normalized spacial score (nSPS) is 23.7. The zero-order valence-corrected chi connectivity index (χ0v) is 20.8. The molecule has 2 unspecified atom stereocenters. The first-order valence-electron chi connectivity index (χ1n) is 12.3. The third kappa shape index (κ3) is 4.24. The molecule has 3 amide bonds. The minimum absolute atomic E-state index is 0.0243. The molecule has 188 valence electrons. The second kappa shape index (κ2) is 9.39. The third-order valence-corrected chi connectivity index (χ3v) is 7.83. The number of ether oxygens (including phenoxy) is 1. The van der Waals surface area contributed by atoms with Gasteiger partial charge in [0.25, 0.3) is 11.8 Å². The van der Waals surface area contributed by atoms with Crippen molar-refractivity contribution < 1.29 is 19.1 Å². The average Bonchev–Trinajstić information content (AvgIpc) is 3.41. The van der Waals surface area contributed by atoms with Gasteiger partial charge in [-0.25, -0.2) is 0 Å². The number of aromatic nitrogens is 2. The molecule has 0 bridgehead atoms. The van der Waals surface area contributed by atoms with Crippen molar-refractivity contribution in [1.82, 2.24) is 15.1 Å². The topological polar surface area (TPSA) is 114 Å². The Morgan fingerprint density at radius 3 is 2.67 bits per heavy atom. The summed E-state index contributed by atoms with van der Waals surface area (Å²) in [6.45, 7) is 5.44. The van der Waals surface area contributed by atoms with E-state index in [0.717, 1.165) is 12.0 Å². The van der Waals surface area contributed by atoms with Crippen molar-refractivity contribution >= 4 is 29.1 Å². The fraction of sp³-hybridized carbons (Fsp3) is 0.407. The molecule has 1 saturated carbocycles. The molecule has 1 aliphatic carbocycles. The zero-order chi connectivity index (χ0) is 25.4. The first kappa shape index (κ1) is 24.0. The number of allylic oxidation sites excluding steroid dienone is 3. The maximum Gasteiger partial charge on any atom is 0.274 e. The SMILES string of the molecule is CC1C/C(=C\C=C(NC(=O)c2ccnn2C)C(=O)Nc2ccc3c(c2)NC(=O)C32CCOCC2)C1C. The second-order valence-corrected chi connectivity index (χ2v) is 9.95. The van der Waals surface area contributed by atoms with Gasteiger partial charge in [-0.2, -0.15) is 5.10 Å². The molecule has 36 heavy (non-hydrogen) atoms. The van der Waals surface area contributed by atoms with Gasteiger partial charge in [-0.3, -0.25) is 19.1 Å². The van der Waals surface area contributed by atoms with Gasteiger partial charge >= 0.3 is 0 Å². The molecule has 9 nitrogen and oxygen atoms in total. The Hall–Kier alpha value is -3.72. The molecule has 0 radical (unpaired) electrons. The van der Waals surface area contributed by atoms with Crippen molar-refractivity contribution in [2.24, 2.45) is 18.9 Å². The maximum absolute atomic E-state index is 13.3. The number of hydrogen-bond donors (Lipinski definition) is 3. The molecule has 5 rings (SSSR count). The summed E-state index contributed by atoms with van der Waals surface area (Å²) in [5.41, 5.74) is 3.31. The third-order valence-electron chi connectivity index (χ3n) is 7.83. The lowest BCUT2D eigenvalue weighted by molar-refractivity contribution is -0.124. The van der Waals surface area contributed by atoms with Gasteiger partial charge in [0, 0.05) is 37.8 Å². The molecule has 3 heterocycles. The van der Waals surface area contributed by atoms with E-state index >= 15 is 0 Å². The molecule has 3 N–H and O–H groups in total. The Kier molecular flexibility index (Phi) is 6.26. The summed E-state index contributed by atoms with van der Waals surface area (Å²) >= 11 is 0. The molecular formula is C27H31N5O4. The Bertz CT molecular complexity index is 1280. The van der Waals surface area contributed by atoms with Crippen LogP contribution in [0.2, 0.25) is 0 Å². The lowest BCUT2D eigenvalue weighted by Gasteiger charge is -2.34. The number of rotatable bonds is 5. The second-order valence-electron chi connectivity index (χ2n) is 9.95. The van der Waals surface area contributed by atoms with E-state index in [1.807, 2.05) is 12.1 Å². The van der Waals surface area contributed by atoms with Gasteiger partial charge < -0.3 is 20.7 Å². The number of nitrogens with zero attached hydrogens (tertiary/aromatic N) is 2. The molecule has 2 fully saturated rings. The molecule has 1 spiro atoms. The predicted octanol–water partition coefficient (Wildman–Crippen LogP) is 3.28. The van der Waals surface area contributed by atoms with Crippen molar-refractivity contribution in [2.45, 2.75) is 38.5 Å². The minimum Gasteiger partial charge on any atom is -0.381 e. The number of carbonyl (C=O) groups excluding carboxylic acids is 3. The smallest absolute Gasteiger partial charge is 0.274 e. The van der Waals surface area contributed by atoms with Crippen LogP contribution in [0, 0.1) is 11.8 Å². The summed E-state index contributed by atoms with van der Waals surface area (Å²) in [7, 11) is 1.67. The summed E-state index contributed by atoms with van der Waals surface area (Å²) in [6.07, 6.45) is 7.35. The highest BCUT2D eigenvalue weighted by molar-refractivity contribution is 6.10. The Morgan fingerprint density at radius 2 is 2.00 bits per heavy atom. The highest BCUT2D eigenvalue weighted by atomic mass is 16.5. The van der Waals surface area contributed by atoms with E-state index in [1.165, 1.54) is 16.5 Å². The molecule has 1 aromatic heterocycles. The van der Waals surface area contributed by atoms with E-state index in [2.05, 4.69) is 34.9 Å². The molecule has 9 heteroatoms. The number of benzene rings is 1.